The van der Waals surface area contributed by atoms with Gasteiger partial charge >= 0.3 is 5.97 Å². The minimum Gasteiger partial charge on any atom is -0.426 e. The first-order valence-corrected chi connectivity index (χ1v) is 11.3. The predicted molar refractivity (Wildman–Crippen MR) is 119 cm³/mol. The van der Waals surface area contributed by atoms with E-state index in [0.29, 0.717) is 11.5 Å². The highest BCUT2D eigenvalue weighted by Crippen LogP contribution is 2.34. The summed E-state index contributed by atoms with van der Waals surface area (Å²) in [6.45, 7) is 7.17. The quantitative estimate of drug-likeness (QED) is 0.277. The normalized spacial score (nSPS) is 11.2. The van der Waals surface area contributed by atoms with Crippen LogP contribution < -0.4 is 4.74 Å². The second-order valence-corrected chi connectivity index (χ2v) is 9.17. The van der Waals surface area contributed by atoms with Gasteiger partial charge in [-0.25, -0.2) is 0 Å². The van der Waals surface area contributed by atoms with E-state index in [9.17, 15) is 9.59 Å². The number of carbonyl (C=O) groups excluding carboxylic acids is 2. The molecule has 2 aromatic carbocycles. The van der Waals surface area contributed by atoms with E-state index in [1.165, 1.54) is 18.7 Å². The first kappa shape index (κ1) is 21.5. The number of ether oxygens (including phenoxy) is 1. The minimum absolute atomic E-state index is 0.0918. The molecule has 0 N–H and O–H groups in total. The van der Waals surface area contributed by atoms with Gasteiger partial charge in [0.15, 0.2) is 5.12 Å². The highest BCUT2D eigenvalue weighted by Gasteiger charge is 2.13. The summed E-state index contributed by atoms with van der Waals surface area (Å²) in [4.78, 5) is 23.8. The summed E-state index contributed by atoms with van der Waals surface area (Å²) >= 11 is 2.94. The lowest BCUT2D eigenvalue weighted by molar-refractivity contribution is -0.131. The molecule has 0 atom stereocenters. The van der Waals surface area contributed by atoms with Crippen molar-refractivity contribution in [2.75, 3.05) is 0 Å². The van der Waals surface area contributed by atoms with Crippen LogP contribution in [0.15, 0.2) is 47.4 Å². The third-order valence-electron chi connectivity index (χ3n) is 4.21. The van der Waals surface area contributed by atoms with Gasteiger partial charge in [0.05, 0.1) is 5.69 Å². The molecule has 3 rings (SSSR count). The zero-order chi connectivity index (χ0) is 21.0. The summed E-state index contributed by atoms with van der Waals surface area (Å²) in [5.41, 5.74) is 2.01. The number of esters is 1. The van der Waals surface area contributed by atoms with E-state index in [1.807, 2.05) is 35.0 Å². The molecule has 1 heterocycles. The molecule has 29 heavy (non-hydrogen) atoms. The zero-order valence-corrected chi connectivity index (χ0v) is 18.6. The maximum Gasteiger partial charge on any atom is 0.308 e. The Morgan fingerprint density at radius 2 is 1.86 bits per heavy atom. The molecular formula is C22H24N2O3S2. The molecule has 152 valence electrons. The average molecular weight is 429 g/mol. The third kappa shape index (κ3) is 5.64. The van der Waals surface area contributed by atoms with Crippen LogP contribution in [0.1, 0.15) is 45.1 Å². The molecule has 0 bridgehead atoms. The van der Waals surface area contributed by atoms with Crippen LogP contribution in [0.4, 0.5) is 0 Å². The lowest BCUT2D eigenvalue weighted by Gasteiger charge is -2.12. The fourth-order valence-corrected chi connectivity index (χ4v) is 4.44. The number of hydrogen-bond donors (Lipinski definition) is 0. The summed E-state index contributed by atoms with van der Waals surface area (Å²) in [5.74, 6) is 1.56. The average Bonchev–Trinajstić information content (AvgIpc) is 3.08. The van der Waals surface area contributed by atoms with Crippen LogP contribution in [0.5, 0.6) is 5.75 Å². The van der Waals surface area contributed by atoms with Crippen LogP contribution >= 0.6 is 23.5 Å². The van der Waals surface area contributed by atoms with Crippen molar-refractivity contribution in [2.45, 2.75) is 50.1 Å². The molecule has 0 saturated carbocycles. The second kappa shape index (κ2) is 9.50. The molecule has 0 radical (unpaired) electrons. The standard InChI is InChI=1S/C22H24N2O3S2/c1-14(2)24-19(10-18(23-24)12-28-16(4)26)13-29-20-9-17-7-5-6-8-21(17)22(11-20)27-15(3)25/h5-11,14H,12-13H2,1-4H3. The first-order valence-electron chi connectivity index (χ1n) is 9.38. The van der Waals surface area contributed by atoms with Gasteiger partial charge in [-0.05, 0) is 37.4 Å². The van der Waals surface area contributed by atoms with E-state index in [2.05, 4.69) is 31.1 Å². The summed E-state index contributed by atoms with van der Waals surface area (Å²) in [7, 11) is 0. The van der Waals surface area contributed by atoms with E-state index in [1.54, 1.807) is 18.7 Å². The highest BCUT2D eigenvalue weighted by molar-refractivity contribution is 8.12. The number of hydrogen-bond acceptors (Lipinski definition) is 6. The van der Waals surface area contributed by atoms with Crippen LogP contribution in [0.25, 0.3) is 10.8 Å². The van der Waals surface area contributed by atoms with Gasteiger partial charge < -0.3 is 4.74 Å². The first-order chi connectivity index (χ1) is 13.8. The Labute approximate surface area is 179 Å². The van der Waals surface area contributed by atoms with Crippen LogP contribution in [-0.2, 0) is 21.1 Å². The Kier molecular flexibility index (Phi) is 7.03. The van der Waals surface area contributed by atoms with Crippen molar-refractivity contribution in [2.24, 2.45) is 0 Å². The van der Waals surface area contributed by atoms with Gasteiger partial charge in [0.25, 0.3) is 0 Å². The Hall–Kier alpha value is -2.25. The fraction of sp³-hybridized carbons (Fsp3) is 0.318. The fourth-order valence-electron chi connectivity index (χ4n) is 3.02. The molecule has 0 amide bonds. The molecule has 7 heteroatoms. The number of rotatable bonds is 7. The largest absolute Gasteiger partial charge is 0.426 e. The van der Waals surface area contributed by atoms with E-state index in [4.69, 9.17) is 4.74 Å². The van der Waals surface area contributed by atoms with Crippen molar-refractivity contribution < 1.29 is 14.3 Å². The Balaban J connectivity index is 1.84. The van der Waals surface area contributed by atoms with E-state index < -0.39 is 0 Å². The number of thioether (sulfide) groups is 2. The molecule has 0 unspecified atom stereocenters. The Morgan fingerprint density at radius 3 is 2.55 bits per heavy atom. The van der Waals surface area contributed by atoms with Crippen molar-refractivity contribution >= 4 is 45.4 Å². The highest BCUT2D eigenvalue weighted by atomic mass is 32.2. The van der Waals surface area contributed by atoms with E-state index >= 15 is 0 Å². The van der Waals surface area contributed by atoms with Gasteiger partial charge in [-0.1, -0.05) is 36.0 Å². The molecular weight excluding hydrogens is 404 g/mol. The van der Waals surface area contributed by atoms with Crippen LogP contribution in [0.2, 0.25) is 0 Å². The molecule has 1 aromatic heterocycles. The van der Waals surface area contributed by atoms with Gasteiger partial charge in [-0.15, -0.1) is 11.8 Å². The molecule has 0 aliphatic carbocycles. The monoisotopic (exact) mass is 428 g/mol. The minimum atomic E-state index is -0.331. The summed E-state index contributed by atoms with van der Waals surface area (Å²) in [6.07, 6.45) is 0. The smallest absolute Gasteiger partial charge is 0.308 e. The third-order valence-corrected chi connectivity index (χ3v) is 6.07. The van der Waals surface area contributed by atoms with Crippen molar-refractivity contribution in [3.63, 3.8) is 0 Å². The predicted octanol–water partition coefficient (Wildman–Crippen LogP) is 5.61. The van der Waals surface area contributed by atoms with Crippen LogP contribution in [0, 0.1) is 0 Å². The van der Waals surface area contributed by atoms with Gasteiger partial charge in [0.1, 0.15) is 5.75 Å². The van der Waals surface area contributed by atoms with Crippen LogP contribution in [-0.4, -0.2) is 20.9 Å². The van der Waals surface area contributed by atoms with Crippen LogP contribution in [0.3, 0.4) is 0 Å². The maximum atomic E-state index is 11.5. The van der Waals surface area contributed by atoms with Gasteiger partial charge in [-0.2, -0.15) is 5.10 Å². The molecule has 0 fully saturated rings. The molecule has 0 spiro atoms. The van der Waals surface area contributed by atoms with Gasteiger partial charge in [0.2, 0.25) is 0 Å². The number of aromatic nitrogens is 2. The SMILES string of the molecule is CC(=O)Oc1cc(SCc2cc(CSC(C)=O)nn2C(C)C)cc2ccccc12. The number of nitrogens with zero attached hydrogens (tertiary/aromatic N) is 2. The Bertz CT molecular complexity index is 1040. The van der Waals surface area contributed by atoms with E-state index in [0.717, 1.165) is 32.8 Å². The second-order valence-electron chi connectivity index (χ2n) is 6.97. The molecule has 0 aliphatic rings. The number of benzene rings is 2. The van der Waals surface area contributed by atoms with Gasteiger partial charge in [-0.3, -0.25) is 14.3 Å². The maximum absolute atomic E-state index is 11.5. The summed E-state index contributed by atoms with van der Waals surface area (Å²) in [5, 5.41) is 6.70. The topological polar surface area (TPSA) is 61.2 Å². The summed E-state index contributed by atoms with van der Waals surface area (Å²) < 4.78 is 7.45. The van der Waals surface area contributed by atoms with E-state index in [-0.39, 0.29) is 17.1 Å². The molecule has 5 nitrogen and oxygen atoms in total. The Morgan fingerprint density at radius 1 is 1.10 bits per heavy atom. The molecule has 0 aliphatic heterocycles. The lowest BCUT2D eigenvalue weighted by atomic mass is 10.1. The van der Waals surface area contributed by atoms with Gasteiger partial charge in [0, 0.05) is 47.4 Å². The number of carbonyl (C=O) groups is 2. The number of fused-ring (bicyclic) bond motifs is 1. The van der Waals surface area contributed by atoms with Crippen molar-refractivity contribution in [3.8, 4) is 5.75 Å². The molecule has 0 saturated heterocycles. The van der Waals surface area contributed by atoms with Crippen molar-refractivity contribution in [3.05, 3.63) is 53.9 Å². The summed E-state index contributed by atoms with van der Waals surface area (Å²) in [6, 6.07) is 14.2. The molecule has 3 aromatic rings. The zero-order valence-electron chi connectivity index (χ0n) is 17.0. The lowest BCUT2D eigenvalue weighted by Crippen LogP contribution is -2.07. The van der Waals surface area contributed by atoms with Crippen molar-refractivity contribution in [1.82, 2.24) is 9.78 Å². The van der Waals surface area contributed by atoms with Crippen molar-refractivity contribution in [1.29, 1.82) is 0 Å².